The van der Waals surface area contributed by atoms with Gasteiger partial charge in [-0.1, -0.05) is 42.5 Å². The van der Waals surface area contributed by atoms with E-state index in [0.717, 1.165) is 53.8 Å². The van der Waals surface area contributed by atoms with E-state index in [1.54, 1.807) is 24.3 Å². The van der Waals surface area contributed by atoms with Crippen LogP contribution in [-0.2, 0) is 6.42 Å². The van der Waals surface area contributed by atoms with E-state index in [0.29, 0.717) is 5.92 Å². The molecule has 1 heterocycles. The molecule has 1 atom stereocenters. The van der Waals surface area contributed by atoms with Crippen molar-refractivity contribution in [2.45, 2.75) is 12.8 Å². The van der Waals surface area contributed by atoms with Crippen LogP contribution in [0.5, 0.6) is 17.2 Å². The van der Waals surface area contributed by atoms with Gasteiger partial charge in [0.25, 0.3) is 0 Å². The lowest BCUT2D eigenvalue weighted by molar-refractivity contribution is 0.260. The average Bonchev–Trinajstić information content (AvgIpc) is 3.33. The zero-order valence-electron chi connectivity index (χ0n) is 17.9. The molecule has 0 saturated carbocycles. The number of phenolic OH excluding ortho intramolecular Hbond substituents is 2. The molecule has 0 spiro atoms. The van der Waals surface area contributed by atoms with Gasteiger partial charge in [0.2, 0.25) is 0 Å². The first-order valence-corrected chi connectivity index (χ1v) is 11.1. The van der Waals surface area contributed by atoms with Crippen molar-refractivity contribution in [3.63, 3.8) is 0 Å². The fraction of sp³-hybridized carbons (Fsp3) is 0.214. The second kappa shape index (κ2) is 8.93. The normalized spacial score (nSPS) is 15.8. The highest BCUT2D eigenvalue weighted by atomic mass is 16.5. The van der Waals surface area contributed by atoms with E-state index in [2.05, 4.69) is 35.6 Å². The lowest BCUT2D eigenvalue weighted by Crippen LogP contribution is -2.15. The van der Waals surface area contributed by atoms with Crippen LogP contribution < -0.4 is 10.1 Å². The number of fused-ring (bicyclic) bond motifs is 1. The Morgan fingerprint density at radius 1 is 0.844 bits per heavy atom. The van der Waals surface area contributed by atoms with Crippen molar-refractivity contribution in [3.05, 3.63) is 90.0 Å². The van der Waals surface area contributed by atoms with Crippen molar-refractivity contribution in [2.24, 2.45) is 5.92 Å². The minimum atomic E-state index is 0.255. The Hall–Kier alpha value is -3.50. The lowest BCUT2D eigenvalue weighted by Gasteiger charge is -2.15. The number of hydrogen-bond acceptors (Lipinski definition) is 4. The van der Waals surface area contributed by atoms with Crippen molar-refractivity contribution < 1.29 is 14.9 Å². The summed E-state index contributed by atoms with van der Waals surface area (Å²) in [6.07, 6.45) is 1.93. The Morgan fingerprint density at radius 2 is 1.62 bits per heavy atom. The highest BCUT2D eigenvalue weighted by Crippen LogP contribution is 2.34. The summed E-state index contributed by atoms with van der Waals surface area (Å²) in [4.78, 5) is 0. The molecule has 1 aliphatic rings. The second-order valence-corrected chi connectivity index (χ2v) is 8.53. The highest BCUT2D eigenvalue weighted by Gasteiger charge is 2.15. The van der Waals surface area contributed by atoms with Gasteiger partial charge < -0.3 is 20.3 Å². The molecule has 4 aromatic carbocycles. The van der Waals surface area contributed by atoms with Gasteiger partial charge >= 0.3 is 0 Å². The maximum absolute atomic E-state index is 9.94. The van der Waals surface area contributed by atoms with Gasteiger partial charge in [0.15, 0.2) is 0 Å². The van der Waals surface area contributed by atoms with Gasteiger partial charge in [-0.25, -0.2) is 0 Å². The van der Waals surface area contributed by atoms with Crippen LogP contribution in [0.25, 0.3) is 21.9 Å². The van der Waals surface area contributed by atoms with E-state index in [9.17, 15) is 10.2 Å². The first-order valence-electron chi connectivity index (χ1n) is 11.1. The SMILES string of the molecule is Oc1ccc(-c2ccc3cc(O)ccc3c2Cc2ccc(OCC3CCNC3)cc2)cc1. The summed E-state index contributed by atoms with van der Waals surface area (Å²) < 4.78 is 5.99. The molecular weight excluding hydrogens is 398 g/mol. The van der Waals surface area contributed by atoms with Crippen LogP contribution in [0.2, 0.25) is 0 Å². The molecule has 0 aromatic heterocycles. The molecule has 5 rings (SSSR count). The van der Waals surface area contributed by atoms with Crippen molar-refractivity contribution in [3.8, 4) is 28.4 Å². The van der Waals surface area contributed by atoms with Gasteiger partial charge in [-0.2, -0.15) is 0 Å². The predicted octanol–water partition coefficient (Wildman–Crippen LogP) is 5.50. The van der Waals surface area contributed by atoms with Crippen molar-refractivity contribution in [2.75, 3.05) is 19.7 Å². The zero-order valence-corrected chi connectivity index (χ0v) is 17.9. The number of hydrogen-bond donors (Lipinski definition) is 3. The quantitative estimate of drug-likeness (QED) is 0.382. The summed E-state index contributed by atoms with van der Waals surface area (Å²) in [7, 11) is 0. The molecule has 0 amide bonds. The third-order valence-corrected chi connectivity index (χ3v) is 6.25. The van der Waals surface area contributed by atoms with E-state index < -0.39 is 0 Å². The molecule has 1 unspecified atom stereocenters. The monoisotopic (exact) mass is 425 g/mol. The van der Waals surface area contributed by atoms with Gasteiger partial charge in [-0.15, -0.1) is 0 Å². The molecular formula is C28H27NO3. The van der Waals surface area contributed by atoms with E-state index in [1.807, 2.05) is 24.3 Å². The molecule has 1 saturated heterocycles. The molecule has 0 radical (unpaired) electrons. The number of aromatic hydroxyl groups is 2. The van der Waals surface area contributed by atoms with Crippen LogP contribution in [0.4, 0.5) is 0 Å². The first-order chi connectivity index (χ1) is 15.7. The Balaban J connectivity index is 1.45. The molecule has 1 fully saturated rings. The van der Waals surface area contributed by atoms with Crippen molar-refractivity contribution in [1.82, 2.24) is 5.32 Å². The molecule has 3 N–H and O–H groups in total. The highest BCUT2D eigenvalue weighted by molar-refractivity contribution is 5.93. The molecule has 0 aliphatic carbocycles. The minimum Gasteiger partial charge on any atom is -0.508 e. The van der Waals surface area contributed by atoms with E-state index in [4.69, 9.17) is 4.74 Å². The Labute approximate surface area is 188 Å². The predicted molar refractivity (Wildman–Crippen MR) is 128 cm³/mol. The minimum absolute atomic E-state index is 0.255. The Bertz CT molecular complexity index is 1210. The van der Waals surface area contributed by atoms with Crippen LogP contribution in [-0.4, -0.2) is 29.9 Å². The van der Waals surface area contributed by atoms with E-state index in [1.165, 1.54) is 17.5 Å². The molecule has 162 valence electrons. The fourth-order valence-corrected chi connectivity index (χ4v) is 4.46. The molecule has 4 nitrogen and oxygen atoms in total. The molecule has 1 aliphatic heterocycles. The van der Waals surface area contributed by atoms with Gasteiger partial charge in [0.1, 0.15) is 17.2 Å². The standard InChI is InChI=1S/C28H27NO3/c30-23-6-3-21(4-7-23)26-11-5-22-16-24(31)8-12-27(22)28(26)15-19-1-9-25(10-2-19)32-18-20-13-14-29-17-20/h1-12,16,20,29-31H,13-15,17-18H2. The van der Waals surface area contributed by atoms with Crippen LogP contribution in [0.15, 0.2) is 78.9 Å². The number of benzene rings is 4. The molecule has 4 heteroatoms. The van der Waals surface area contributed by atoms with Crippen LogP contribution in [0, 0.1) is 5.92 Å². The third kappa shape index (κ3) is 4.41. The summed E-state index contributed by atoms with van der Waals surface area (Å²) in [6, 6.07) is 25.3. The molecule has 0 bridgehead atoms. The lowest BCUT2D eigenvalue weighted by atomic mass is 9.90. The van der Waals surface area contributed by atoms with Crippen LogP contribution in [0.3, 0.4) is 0 Å². The smallest absolute Gasteiger partial charge is 0.119 e. The summed E-state index contributed by atoms with van der Waals surface area (Å²) in [5.74, 6) is 2.02. The Kier molecular flexibility index (Phi) is 5.70. The maximum Gasteiger partial charge on any atom is 0.119 e. The fourth-order valence-electron chi connectivity index (χ4n) is 4.46. The number of ether oxygens (including phenoxy) is 1. The summed E-state index contributed by atoms with van der Waals surface area (Å²) in [5.41, 5.74) is 4.56. The summed E-state index contributed by atoms with van der Waals surface area (Å²) in [6.45, 7) is 2.87. The largest absolute Gasteiger partial charge is 0.508 e. The topological polar surface area (TPSA) is 61.7 Å². The summed E-state index contributed by atoms with van der Waals surface area (Å²) in [5, 5.41) is 25.1. The maximum atomic E-state index is 9.94. The van der Waals surface area contributed by atoms with E-state index >= 15 is 0 Å². The number of rotatable bonds is 6. The van der Waals surface area contributed by atoms with Gasteiger partial charge in [0, 0.05) is 12.5 Å². The van der Waals surface area contributed by atoms with Crippen molar-refractivity contribution in [1.29, 1.82) is 0 Å². The summed E-state index contributed by atoms with van der Waals surface area (Å²) >= 11 is 0. The van der Waals surface area contributed by atoms with Gasteiger partial charge in [-0.3, -0.25) is 0 Å². The van der Waals surface area contributed by atoms with Crippen molar-refractivity contribution >= 4 is 10.8 Å². The molecule has 32 heavy (non-hydrogen) atoms. The third-order valence-electron chi connectivity index (χ3n) is 6.25. The van der Waals surface area contributed by atoms with Crippen LogP contribution in [0.1, 0.15) is 17.5 Å². The average molecular weight is 426 g/mol. The Morgan fingerprint density at radius 3 is 2.38 bits per heavy atom. The van der Waals surface area contributed by atoms with Gasteiger partial charge in [0.05, 0.1) is 6.61 Å². The van der Waals surface area contributed by atoms with E-state index in [-0.39, 0.29) is 11.5 Å². The first kappa shape index (κ1) is 20.4. The zero-order chi connectivity index (χ0) is 21.9. The van der Waals surface area contributed by atoms with Crippen LogP contribution >= 0.6 is 0 Å². The number of nitrogens with one attached hydrogen (secondary N) is 1. The second-order valence-electron chi connectivity index (χ2n) is 8.53. The number of phenols is 2. The van der Waals surface area contributed by atoms with Gasteiger partial charge in [-0.05, 0) is 88.8 Å². The molecule has 4 aromatic rings.